The normalized spacial score (nSPS) is 31.8. The van der Waals surface area contributed by atoms with Crippen LogP contribution in [-0.4, -0.2) is 33.8 Å². The van der Waals surface area contributed by atoms with Gasteiger partial charge >= 0.3 is 5.97 Å². The molecule has 0 aromatic rings. The van der Waals surface area contributed by atoms with Crippen molar-refractivity contribution >= 4 is 17.8 Å². The molecule has 2 fully saturated rings. The minimum atomic E-state index is -0.771. The van der Waals surface area contributed by atoms with Gasteiger partial charge in [0.25, 0.3) is 0 Å². The van der Waals surface area contributed by atoms with Crippen LogP contribution >= 0.6 is 0 Å². The van der Waals surface area contributed by atoms with E-state index in [1.165, 1.54) is 4.90 Å². The molecule has 100 valence electrons. The van der Waals surface area contributed by atoms with Crippen LogP contribution in [0.15, 0.2) is 0 Å². The summed E-state index contributed by atoms with van der Waals surface area (Å²) in [4.78, 5) is 36.3. The molecule has 5 heteroatoms. The molecule has 0 radical (unpaired) electrons. The van der Waals surface area contributed by atoms with Gasteiger partial charge in [0.1, 0.15) is 0 Å². The molecule has 0 unspecified atom stereocenters. The Hall–Kier alpha value is -1.39. The number of aliphatic carboxylic acids is 1. The monoisotopic (exact) mass is 253 g/mol. The van der Waals surface area contributed by atoms with Crippen LogP contribution in [-0.2, 0) is 14.4 Å². The van der Waals surface area contributed by atoms with E-state index >= 15 is 0 Å². The van der Waals surface area contributed by atoms with Crippen LogP contribution in [0.3, 0.4) is 0 Å². The van der Waals surface area contributed by atoms with Crippen molar-refractivity contribution in [2.24, 2.45) is 11.3 Å². The average molecular weight is 253 g/mol. The molecule has 2 aliphatic rings. The van der Waals surface area contributed by atoms with Crippen molar-refractivity contribution in [3.05, 3.63) is 0 Å². The molecule has 1 saturated carbocycles. The zero-order valence-corrected chi connectivity index (χ0v) is 10.8. The molecule has 0 aromatic carbocycles. The molecule has 1 N–H and O–H groups in total. The number of nitrogens with zero attached hydrogens (tertiary/aromatic N) is 1. The molecule has 1 saturated heterocycles. The summed E-state index contributed by atoms with van der Waals surface area (Å²) in [5.41, 5.74) is -0.596. The minimum Gasteiger partial charge on any atom is -0.481 e. The fraction of sp³-hybridized carbons (Fsp3) is 0.769. The molecule has 2 amide bonds. The molecule has 18 heavy (non-hydrogen) atoms. The van der Waals surface area contributed by atoms with Crippen LogP contribution in [0.25, 0.3) is 0 Å². The van der Waals surface area contributed by atoms with Gasteiger partial charge in [-0.3, -0.25) is 19.3 Å². The number of imide groups is 1. The van der Waals surface area contributed by atoms with Crippen molar-refractivity contribution in [2.45, 2.75) is 52.0 Å². The smallest absolute Gasteiger partial charge is 0.306 e. The van der Waals surface area contributed by atoms with Gasteiger partial charge in [-0.1, -0.05) is 13.8 Å². The number of amides is 2. The van der Waals surface area contributed by atoms with Crippen LogP contribution in [0.2, 0.25) is 0 Å². The second-order valence-electron chi connectivity index (χ2n) is 5.97. The number of carbonyl (C=O) groups is 3. The lowest BCUT2D eigenvalue weighted by Gasteiger charge is -2.32. The second kappa shape index (κ2) is 4.37. The van der Waals surface area contributed by atoms with Gasteiger partial charge in [0.15, 0.2) is 0 Å². The van der Waals surface area contributed by atoms with E-state index in [1.807, 2.05) is 0 Å². The van der Waals surface area contributed by atoms with Gasteiger partial charge in [-0.2, -0.15) is 0 Å². The zero-order chi connectivity index (χ0) is 13.5. The lowest BCUT2D eigenvalue weighted by Crippen LogP contribution is -2.44. The maximum atomic E-state index is 12.1. The maximum Gasteiger partial charge on any atom is 0.306 e. The molecule has 0 bridgehead atoms. The molecule has 1 aliphatic heterocycles. The van der Waals surface area contributed by atoms with E-state index in [0.29, 0.717) is 25.7 Å². The van der Waals surface area contributed by atoms with Crippen molar-refractivity contribution in [2.75, 3.05) is 0 Å². The third-order valence-corrected chi connectivity index (χ3v) is 4.07. The summed E-state index contributed by atoms with van der Waals surface area (Å²) in [6, 6.07) is -0.0950. The van der Waals surface area contributed by atoms with E-state index < -0.39 is 11.4 Å². The standard InChI is InChI=1S/C13H19NO4/c1-13(2)7-10(15)14(12(13)18)9-5-3-8(4-6-9)11(16)17/h8-9H,3-7H2,1-2H3,(H,16,17). The van der Waals surface area contributed by atoms with Crippen LogP contribution in [0.5, 0.6) is 0 Å². The van der Waals surface area contributed by atoms with Gasteiger partial charge in [-0.25, -0.2) is 0 Å². The maximum absolute atomic E-state index is 12.1. The first-order chi connectivity index (χ1) is 8.33. The highest BCUT2D eigenvalue weighted by Gasteiger charge is 2.48. The molecule has 0 spiro atoms. The van der Waals surface area contributed by atoms with E-state index in [4.69, 9.17) is 5.11 Å². The van der Waals surface area contributed by atoms with Crippen LogP contribution < -0.4 is 0 Å². The topological polar surface area (TPSA) is 74.7 Å². The molecule has 1 aliphatic carbocycles. The summed E-state index contributed by atoms with van der Waals surface area (Å²) in [5.74, 6) is -1.30. The molecule has 2 rings (SSSR count). The quantitative estimate of drug-likeness (QED) is 0.755. The Balaban J connectivity index is 2.04. The van der Waals surface area contributed by atoms with Crippen molar-refractivity contribution in [3.8, 4) is 0 Å². The first-order valence-corrected chi connectivity index (χ1v) is 6.42. The van der Waals surface area contributed by atoms with E-state index in [1.54, 1.807) is 13.8 Å². The van der Waals surface area contributed by atoms with E-state index in [-0.39, 0.29) is 30.2 Å². The van der Waals surface area contributed by atoms with Gasteiger partial charge in [-0.05, 0) is 25.7 Å². The van der Waals surface area contributed by atoms with E-state index in [2.05, 4.69) is 0 Å². The highest BCUT2D eigenvalue weighted by molar-refractivity contribution is 6.05. The zero-order valence-electron chi connectivity index (χ0n) is 10.8. The predicted octanol–water partition coefficient (Wildman–Crippen LogP) is 1.41. The number of carboxylic acid groups (broad SMARTS) is 1. The van der Waals surface area contributed by atoms with E-state index in [0.717, 1.165) is 0 Å². The molecule has 0 aromatic heterocycles. The average Bonchev–Trinajstić information content (AvgIpc) is 2.48. The van der Waals surface area contributed by atoms with Gasteiger partial charge < -0.3 is 5.11 Å². The van der Waals surface area contributed by atoms with Crippen LogP contribution in [0, 0.1) is 11.3 Å². The summed E-state index contributed by atoms with van der Waals surface area (Å²) in [7, 11) is 0. The fourth-order valence-electron chi connectivity index (χ4n) is 2.93. The highest BCUT2D eigenvalue weighted by atomic mass is 16.4. The molecule has 1 heterocycles. The van der Waals surface area contributed by atoms with E-state index in [9.17, 15) is 14.4 Å². The van der Waals surface area contributed by atoms with Crippen LogP contribution in [0.4, 0.5) is 0 Å². The second-order valence-corrected chi connectivity index (χ2v) is 5.97. The number of rotatable bonds is 2. The molecular formula is C13H19NO4. The van der Waals surface area contributed by atoms with Crippen molar-refractivity contribution in [1.29, 1.82) is 0 Å². The van der Waals surface area contributed by atoms with Gasteiger partial charge in [0, 0.05) is 12.5 Å². The number of hydrogen-bond donors (Lipinski definition) is 1. The summed E-state index contributed by atoms with van der Waals surface area (Å²) in [5, 5.41) is 8.93. The van der Waals surface area contributed by atoms with Crippen molar-refractivity contribution in [3.63, 3.8) is 0 Å². The van der Waals surface area contributed by atoms with Crippen molar-refractivity contribution in [1.82, 2.24) is 4.90 Å². The summed E-state index contributed by atoms with van der Waals surface area (Å²) in [6.07, 6.45) is 2.61. The Labute approximate surface area is 106 Å². The predicted molar refractivity (Wildman–Crippen MR) is 63.6 cm³/mol. The number of carboxylic acids is 1. The SMILES string of the molecule is CC1(C)CC(=O)N(C2CCC(C(=O)O)CC2)C1=O. The number of carbonyl (C=O) groups excluding carboxylic acids is 2. The number of hydrogen-bond acceptors (Lipinski definition) is 3. The Morgan fingerprint density at radius 1 is 1.22 bits per heavy atom. The third-order valence-electron chi connectivity index (χ3n) is 4.07. The summed E-state index contributed by atoms with van der Waals surface area (Å²) < 4.78 is 0. The van der Waals surface area contributed by atoms with Crippen molar-refractivity contribution < 1.29 is 19.5 Å². The van der Waals surface area contributed by atoms with Crippen LogP contribution in [0.1, 0.15) is 46.0 Å². The summed E-state index contributed by atoms with van der Waals surface area (Å²) in [6.45, 7) is 3.58. The Morgan fingerprint density at radius 2 is 1.78 bits per heavy atom. The third kappa shape index (κ3) is 2.13. The Bertz CT molecular complexity index is 394. The largest absolute Gasteiger partial charge is 0.481 e. The van der Waals surface area contributed by atoms with Gasteiger partial charge in [-0.15, -0.1) is 0 Å². The molecule has 0 atom stereocenters. The summed E-state index contributed by atoms with van der Waals surface area (Å²) >= 11 is 0. The lowest BCUT2D eigenvalue weighted by atomic mass is 9.85. The lowest BCUT2D eigenvalue weighted by molar-refractivity contribution is -0.146. The fourth-order valence-corrected chi connectivity index (χ4v) is 2.93. The molecule has 5 nitrogen and oxygen atoms in total. The first-order valence-electron chi connectivity index (χ1n) is 6.42. The first kappa shape index (κ1) is 13.1. The van der Waals surface area contributed by atoms with Gasteiger partial charge in [0.05, 0.1) is 11.3 Å². The highest BCUT2D eigenvalue weighted by Crippen LogP contribution is 2.37. The molecular weight excluding hydrogens is 234 g/mol. The van der Waals surface area contributed by atoms with Gasteiger partial charge in [0.2, 0.25) is 11.8 Å². The Morgan fingerprint density at radius 3 is 2.17 bits per heavy atom. The minimum absolute atomic E-state index is 0.0950. The number of likely N-dealkylation sites (tertiary alicyclic amines) is 1. The Kier molecular flexibility index (Phi) is 3.17.